The fourth-order valence-corrected chi connectivity index (χ4v) is 3.13. The lowest BCUT2D eigenvalue weighted by molar-refractivity contribution is -0.131. The van der Waals surface area contributed by atoms with Gasteiger partial charge in [-0.3, -0.25) is 5.32 Å². The van der Waals surface area contributed by atoms with E-state index in [4.69, 9.17) is 14.2 Å². The van der Waals surface area contributed by atoms with Gasteiger partial charge in [0.15, 0.2) is 12.2 Å². The minimum Gasteiger partial charge on any atom is -0.491 e. The van der Waals surface area contributed by atoms with Gasteiger partial charge in [-0.2, -0.15) is 0 Å². The zero-order valence-corrected chi connectivity index (χ0v) is 18.2. The Morgan fingerprint density at radius 2 is 1.56 bits per heavy atom. The summed E-state index contributed by atoms with van der Waals surface area (Å²) in [5, 5.41) is 21.1. The number of nitrogens with one attached hydrogen (secondary N) is 1. The summed E-state index contributed by atoms with van der Waals surface area (Å²) in [6.45, 7) is -0.188. The molecule has 0 bridgehead atoms. The number of benzene rings is 3. The largest absolute Gasteiger partial charge is 0.491 e. The molecule has 0 aliphatic carbocycles. The molecule has 3 aromatic carbocycles. The summed E-state index contributed by atoms with van der Waals surface area (Å²) in [5.74, 6) is -0.369. The SMILES string of the molecule is O=C(O)/C=C/[C@@H](Oc1ccccc1)[C@H](OC(=O)Nc1ccccc1)c1ccccc1OCCO. The molecule has 1 amide bonds. The minimum atomic E-state index is -1.18. The Bertz CT molecular complexity index is 1090. The summed E-state index contributed by atoms with van der Waals surface area (Å²) in [5.41, 5.74) is 0.966. The summed E-state index contributed by atoms with van der Waals surface area (Å²) in [6.07, 6.45) is -0.638. The molecule has 8 nitrogen and oxygen atoms in total. The molecule has 176 valence electrons. The number of anilines is 1. The fraction of sp³-hybridized carbons (Fsp3) is 0.154. The topological polar surface area (TPSA) is 114 Å². The van der Waals surface area contributed by atoms with Crippen LogP contribution in [0.25, 0.3) is 0 Å². The summed E-state index contributed by atoms with van der Waals surface area (Å²) < 4.78 is 17.4. The van der Waals surface area contributed by atoms with Gasteiger partial charge in [0, 0.05) is 17.3 Å². The first-order valence-electron chi connectivity index (χ1n) is 10.5. The van der Waals surface area contributed by atoms with Crippen molar-refractivity contribution in [3.8, 4) is 11.5 Å². The standard InChI is InChI=1S/C26H25NO7/c28-17-18-32-22-14-8-7-13-21(22)25(34-26(31)27-19-9-3-1-4-10-19)23(15-16-24(29)30)33-20-11-5-2-6-12-20/h1-16,23,25,28H,17-18H2,(H,27,31)(H,29,30)/b16-15+/t23-,25-/m1/s1. The predicted octanol–water partition coefficient (Wildman–Crippen LogP) is 4.44. The smallest absolute Gasteiger partial charge is 0.412 e. The van der Waals surface area contributed by atoms with Crippen molar-refractivity contribution in [3.05, 3.63) is 103 Å². The molecular formula is C26H25NO7. The lowest BCUT2D eigenvalue weighted by Crippen LogP contribution is -2.30. The first kappa shape index (κ1) is 24.3. The van der Waals surface area contributed by atoms with Gasteiger partial charge in [0.2, 0.25) is 0 Å². The van der Waals surface area contributed by atoms with Gasteiger partial charge in [0.1, 0.15) is 18.1 Å². The highest BCUT2D eigenvalue weighted by molar-refractivity contribution is 5.84. The molecule has 0 aliphatic rings. The van der Waals surface area contributed by atoms with Crippen LogP contribution in [0.4, 0.5) is 10.5 Å². The lowest BCUT2D eigenvalue weighted by atomic mass is 10.0. The van der Waals surface area contributed by atoms with Gasteiger partial charge in [-0.25, -0.2) is 9.59 Å². The molecule has 0 unspecified atom stereocenters. The molecule has 0 saturated heterocycles. The molecule has 0 fully saturated rings. The molecule has 0 aliphatic heterocycles. The molecule has 0 heterocycles. The van der Waals surface area contributed by atoms with E-state index in [0.29, 0.717) is 22.7 Å². The maximum atomic E-state index is 12.8. The quantitative estimate of drug-likeness (QED) is 0.360. The highest BCUT2D eigenvalue weighted by Gasteiger charge is 2.30. The molecule has 0 spiro atoms. The number of aliphatic carboxylic acids is 1. The molecule has 3 N–H and O–H groups in total. The third-order valence-corrected chi connectivity index (χ3v) is 4.57. The van der Waals surface area contributed by atoms with Crippen LogP contribution in [-0.2, 0) is 9.53 Å². The number of rotatable bonds is 11. The highest BCUT2D eigenvalue weighted by atomic mass is 16.6. The Labute approximate surface area is 197 Å². The van der Waals surface area contributed by atoms with Crippen molar-refractivity contribution in [1.82, 2.24) is 0 Å². The van der Waals surface area contributed by atoms with Crippen molar-refractivity contribution in [1.29, 1.82) is 0 Å². The molecule has 8 heteroatoms. The zero-order chi connectivity index (χ0) is 24.2. The van der Waals surface area contributed by atoms with Crippen LogP contribution in [0.2, 0.25) is 0 Å². The van der Waals surface area contributed by atoms with Crippen LogP contribution in [0.1, 0.15) is 11.7 Å². The fourth-order valence-electron chi connectivity index (χ4n) is 3.13. The Morgan fingerprint density at radius 3 is 2.24 bits per heavy atom. The number of carboxylic acids is 1. The van der Waals surface area contributed by atoms with Crippen molar-refractivity contribution >= 4 is 17.7 Å². The highest BCUT2D eigenvalue weighted by Crippen LogP contribution is 2.33. The number of para-hydroxylation sites is 3. The van der Waals surface area contributed by atoms with Crippen molar-refractivity contribution in [2.75, 3.05) is 18.5 Å². The Hall–Kier alpha value is -4.30. The van der Waals surface area contributed by atoms with Crippen LogP contribution in [0.5, 0.6) is 11.5 Å². The second kappa shape index (κ2) is 12.7. The van der Waals surface area contributed by atoms with E-state index >= 15 is 0 Å². The number of aliphatic hydroxyl groups excluding tert-OH is 1. The maximum absolute atomic E-state index is 12.8. The summed E-state index contributed by atoms with van der Waals surface area (Å²) in [4.78, 5) is 24.1. The van der Waals surface area contributed by atoms with E-state index in [1.165, 1.54) is 6.08 Å². The predicted molar refractivity (Wildman–Crippen MR) is 126 cm³/mol. The Morgan fingerprint density at radius 1 is 0.912 bits per heavy atom. The van der Waals surface area contributed by atoms with Crippen molar-refractivity contribution in [2.45, 2.75) is 12.2 Å². The third kappa shape index (κ3) is 7.39. The van der Waals surface area contributed by atoms with Gasteiger partial charge in [0.25, 0.3) is 0 Å². The van der Waals surface area contributed by atoms with E-state index in [1.807, 2.05) is 12.1 Å². The summed E-state index contributed by atoms with van der Waals surface area (Å²) in [7, 11) is 0. The molecule has 2 atom stereocenters. The molecular weight excluding hydrogens is 438 g/mol. The number of ether oxygens (including phenoxy) is 3. The second-order valence-electron chi connectivity index (χ2n) is 7.02. The first-order valence-corrected chi connectivity index (χ1v) is 10.5. The van der Waals surface area contributed by atoms with Gasteiger partial charge in [0.05, 0.1) is 6.61 Å². The molecule has 0 saturated carbocycles. The number of carbonyl (C=O) groups excluding carboxylic acids is 1. The van der Waals surface area contributed by atoms with E-state index in [2.05, 4.69) is 5.32 Å². The van der Waals surface area contributed by atoms with Crippen molar-refractivity contribution < 1.29 is 34.0 Å². The zero-order valence-electron chi connectivity index (χ0n) is 18.2. The van der Waals surface area contributed by atoms with Gasteiger partial charge in [-0.1, -0.05) is 54.6 Å². The number of aliphatic hydroxyl groups is 1. The number of carboxylic acid groups (broad SMARTS) is 1. The number of hydrogen-bond acceptors (Lipinski definition) is 6. The lowest BCUT2D eigenvalue weighted by Gasteiger charge is -2.27. The molecule has 34 heavy (non-hydrogen) atoms. The third-order valence-electron chi connectivity index (χ3n) is 4.57. The van der Waals surface area contributed by atoms with Crippen LogP contribution in [-0.4, -0.2) is 41.6 Å². The van der Waals surface area contributed by atoms with Crippen molar-refractivity contribution in [2.24, 2.45) is 0 Å². The average Bonchev–Trinajstić information content (AvgIpc) is 2.85. The van der Waals surface area contributed by atoms with Gasteiger partial charge >= 0.3 is 12.1 Å². The van der Waals surface area contributed by atoms with E-state index in [-0.39, 0.29) is 13.2 Å². The first-order chi connectivity index (χ1) is 16.6. The van der Waals surface area contributed by atoms with Gasteiger partial charge in [-0.05, 0) is 36.4 Å². The minimum absolute atomic E-state index is 0.0229. The van der Waals surface area contributed by atoms with Gasteiger partial charge < -0.3 is 24.4 Å². The van der Waals surface area contributed by atoms with Gasteiger partial charge in [-0.15, -0.1) is 0 Å². The second-order valence-corrected chi connectivity index (χ2v) is 7.02. The molecule has 0 radical (unpaired) electrons. The van der Waals surface area contributed by atoms with E-state index in [1.54, 1.807) is 72.8 Å². The molecule has 3 aromatic rings. The number of hydrogen-bond donors (Lipinski definition) is 3. The summed E-state index contributed by atoms with van der Waals surface area (Å²) in [6, 6.07) is 24.3. The van der Waals surface area contributed by atoms with Crippen LogP contribution in [0.3, 0.4) is 0 Å². The number of carbonyl (C=O) groups is 2. The monoisotopic (exact) mass is 463 g/mol. The van der Waals surface area contributed by atoms with Crippen LogP contribution in [0.15, 0.2) is 97.1 Å². The van der Waals surface area contributed by atoms with E-state index in [0.717, 1.165) is 6.08 Å². The van der Waals surface area contributed by atoms with Crippen LogP contribution < -0.4 is 14.8 Å². The van der Waals surface area contributed by atoms with E-state index in [9.17, 15) is 19.8 Å². The summed E-state index contributed by atoms with van der Waals surface area (Å²) >= 11 is 0. The molecule has 0 aromatic heterocycles. The molecule has 3 rings (SSSR count). The van der Waals surface area contributed by atoms with E-state index < -0.39 is 24.3 Å². The van der Waals surface area contributed by atoms with Crippen LogP contribution in [0, 0.1) is 0 Å². The normalized spacial score (nSPS) is 12.5. The Kier molecular flexibility index (Phi) is 9.07. The average molecular weight is 463 g/mol. The van der Waals surface area contributed by atoms with Crippen LogP contribution >= 0.6 is 0 Å². The van der Waals surface area contributed by atoms with Crippen molar-refractivity contribution in [3.63, 3.8) is 0 Å². The maximum Gasteiger partial charge on any atom is 0.412 e. The Balaban J connectivity index is 1.98. The number of amides is 1.